The van der Waals surface area contributed by atoms with Crippen LogP contribution in [0.1, 0.15) is 47.0 Å². The minimum absolute atomic E-state index is 0.0478. The highest BCUT2D eigenvalue weighted by molar-refractivity contribution is 5.72. The van der Waals surface area contributed by atoms with Gasteiger partial charge in [-0.05, 0) is 36.5 Å². The third-order valence-electron chi connectivity index (χ3n) is 4.26. The minimum atomic E-state index is -0.106. The quantitative estimate of drug-likeness (QED) is 0.540. The van der Waals surface area contributed by atoms with Crippen molar-refractivity contribution in [2.75, 3.05) is 7.11 Å². The number of carbonyl (C=O) groups is 1. The molecule has 1 aliphatic carbocycles. The lowest BCUT2D eigenvalue weighted by Gasteiger charge is -2.39. The number of allylic oxidation sites excluding steroid dienone is 1. The molecule has 2 nitrogen and oxygen atoms in total. The second-order valence-corrected chi connectivity index (χ2v) is 6.42. The number of rotatable bonds is 2. The number of hydrogen-bond donors (Lipinski definition) is 0. The fraction of sp³-hybridized carbons (Fsp3) is 0.800. The Kier molecular flexibility index (Phi) is 4.40. The van der Waals surface area contributed by atoms with E-state index in [0.717, 1.165) is 12.8 Å². The van der Waals surface area contributed by atoms with E-state index in [9.17, 15) is 4.79 Å². The van der Waals surface area contributed by atoms with Crippen molar-refractivity contribution in [1.82, 2.24) is 0 Å². The van der Waals surface area contributed by atoms with Crippen molar-refractivity contribution in [2.45, 2.75) is 47.0 Å². The zero-order valence-corrected chi connectivity index (χ0v) is 11.9. The Hall–Kier alpha value is -0.790. The van der Waals surface area contributed by atoms with Crippen molar-refractivity contribution < 1.29 is 9.53 Å². The molecule has 1 unspecified atom stereocenters. The fourth-order valence-electron chi connectivity index (χ4n) is 2.85. The Labute approximate surface area is 105 Å². The summed E-state index contributed by atoms with van der Waals surface area (Å²) in [7, 11) is 1.46. The first kappa shape index (κ1) is 14.3. The van der Waals surface area contributed by atoms with Crippen molar-refractivity contribution in [1.29, 1.82) is 0 Å². The lowest BCUT2D eigenvalue weighted by Crippen LogP contribution is -2.32. The Bertz CT molecular complexity index is 299. The van der Waals surface area contributed by atoms with Crippen LogP contribution >= 0.6 is 0 Å². The number of hydrogen-bond acceptors (Lipinski definition) is 2. The zero-order chi connectivity index (χ0) is 13.2. The second-order valence-electron chi connectivity index (χ2n) is 6.42. The van der Waals surface area contributed by atoms with E-state index in [1.54, 1.807) is 0 Å². The van der Waals surface area contributed by atoms with E-state index in [1.165, 1.54) is 19.1 Å². The third-order valence-corrected chi connectivity index (χ3v) is 4.26. The molecule has 0 aromatic heterocycles. The van der Waals surface area contributed by atoms with Gasteiger partial charge < -0.3 is 4.74 Å². The molecule has 1 rings (SSSR count). The first-order chi connectivity index (χ1) is 7.77. The maximum atomic E-state index is 11.6. The molecule has 0 saturated heterocycles. The van der Waals surface area contributed by atoms with Crippen LogP contribution in [-0.2, 0) is 9.53 Å². The fourth-order valence-corrected chi connectivity index (χ4v) is 2.85. The van der Waals surface area contributed by atoms with Crippen LogP contribution in [0, 0.1) is 23.2 Å². The van der Waals surface area contributed by atoms with Crippen molar-refractivity contribution in [2.24, 2.45) is 23.2 Å². The van der Waals surface area contributed by atoms with Crippen LogP contribution in [-0.4, -0.2) is 13.1 Å². The van der Waals surface area contributed by atoms with Gasteiger partial charge in [-0.3, -0.25) is 4.79 Å². The van der Waals surface area contributed by atoms with Crippen LogP contribution in [0.3, 0.4) is 0 Å². The lowest BCUT2D eigenvalue weighted by atomic mass is 9.66. The average Bonchev–Trinajstić information content (AvgIpc) is 2.25. The van der Waals surface area contributed by atoms with Gasteiger partial charge in [0.1, 0.15) is 0 Å². The van der Waals surface area contributed by atoms with Crippen LogP contribution in [0.4, 0.5) is 0 Å². The standard InChI is InChI=1S/C15H26O2/c1-10-9-12(15(3,4)5)7-8-13(10)11(2)14(16)17-6/h11-13H,1,7-9H2,2-6H3/t11?,12-,13+/m0/s1. The lowest BCUT2D eigenvalue weighted by molar-refractivity contribution is -0.146. The Morgan fingerprint density at radius 1 is 1.41 bits per heavy atom. The van der Waals surface area contributed by atoms with Gasteiger partial charge in [-0.2, -0.15) is 0 Å². The molecule has 0 amide bonds. The minimum Gasteiger partial charge on any atom is -0.469 e. The van der Waals surface area contributed by atoms with Gasteiger partial charge >= 0.3 is 5.97 Å². The maximum absolute atomic E-state index is 11.6. The smallest absolute Gasteiger partial charge is 0.308 e. The van der Waals surface area contributed by atoms with Gasteiger partial charge in [-0.25, -0.2) is 0 Å². The summed E-state index contributed by atoms with van der Waals surface area (Å²) in [5.41, 5.74) is 1.57. The molecule has 0 heterocycles. The summed E-state index contributed by atoms with van der Waals surface area (Å²) in [6.45, 7) is 13.0. The molecule has 1 saturated carbocycles. The Balaban J connectivity index is 2.66. The molecule has 98 valence electrons. The van der Waals surface area contributed by atoms with Gasteiger partial charge in [0.2, 0.25) is 0 Å². The van der Waals surface area contributed by atoms with Crippen molar-refractivity contribution in [3.05, 3.63) is 12.2 Å². The van der Waals surface area contributed by atoms with E-state index in [2.05, 4.69) is 27.4 Å². The predicted molar refractivity (Wildman–Crippen MR) is 70.6 cm³/mol. The van der Waals surface area contributed by atoms with E-state index in [4.69, 9.17) is 4.74 Å². The van der Waals surface area contributed by atoms with Gasteiger partial charge in [0.25, 0.3) is 0 Å². The number of ether oxygens (including phenoxy) is 1. The third kappa shape index (κ3) is 3.34. The predicted octanol–water partition coefficient (Wildman–Crippen LogP) is 3.81. The van der Waals surface area contributed by atoms with E-state index in [-0.39, 0.29) is 11.9 Å². The van der Waals surface area contributed by atoms with E-state index in [1.807, 2.05) is 6.92 Å². The molecule has 0 spiro atoms. The molecule has 0 N–H and O–H groups in total. The molecule has 1 fully saturated rings. The molecule has 0 aromatic carbocycles. The van der Waals surface area contributed by atoms with Crippen LogP contribution < -0.4 is 0 Å². The van der Waals surface area contributed by atoms with Gasteiger partial charge in [0.15, 0.2) is 0 Å². The maximum Gasteiger partial charge on any atom is 0.308 e. The molecule has 0 radical (unpaired) electrons. The molecule has 0 aliphatic heterocycles. The molecule has 17 heavy (non-hydrogen) atoms. The van der Waals surface area contributed by atoms with Gasteiger partial charge in [-0.15, -0.1) is 0 Å². The first-order valence-electron chi connectivity index (χ1n) is 6.53. The molecular formula is C15H26O2. The topological polar surface area (TPSA) is 26.3 Å². The Morgan fingerprint density at radius 3 is 2.41 bits per heavy atom. The summed E-state index contributed by atoms with van der Waals surface area (Å²) in [6.07, 6.45) is 3.31. The number of carbonyl (C=O) groups excluding carboxylic acids is 1. The number of methoxy groups -OCH3 is 1. The summed E-state index contributed by atoms with van der Waals surface area (Å²) >= 11 is 0. The molecule has 2 heteroatoms. The van der Waals surface area contributed by atoms with E-state index < -0.39 is 0 Å². The van der Waals surface area contributed by atoms with Crippen LogP contribution in [0.25, 0.3) is 0 Å². The Morgan fingerprint density at radius 2 is 2.00 bits per heavy atom. The zero-order valence-electron chi connectivity index (χ0n) is 11.9. The summed E-state index contributed by atoms with van der Waals surface area (Å²) in [5.74, 6) is 0.843. The van der Waals surface area contributed by atoms with Crippen molar-refractivity contribution in [3.63, 3.8) is 0 Å². The van der Waals surface area contributed by atoms with Crippen LogP contribution in [0.5, 0.6) is 0 Å². The largest absolute Gasteiger partial charge is 0.469 e. The highest BCUT2D eigenvalue weighted by Crippen LogP contribution is 2.44. The first-order valence-corrected chi connectivity index (χ1v) is 6.53. The molecule has 0 aromatic rings. The van der Waals surface area contributed by atoms with Gasteiger partial charge in [-0.1, -0.05) is 39.8 Å². The average molecular weight is 238 g/mol. The molecule has 3 atom stereocenters. The SMILES string of the molecule is C=C1C[C@@H](C(C)(C)C)CC[C@H]1C(C)C(=O)OC. The molecular weight excluding hydrogens is 212 g/mol. The molecule has 0 bridgehead atoms. The van der Waals surface area contributed by atoms with E-state index in [0.29, 0.717) is 17.3 Å². The summed E-state index contributed by atoms with van der Waals surface area (Å²) in [5, 5.41) is 0. The highest BCUT2D eigenvalue weighted by atomic mass is 16.5. The number of esters is 1. The van der Waals surface area contributed by atoms with Gasteiger partial charge in [0.05, 0.1) is 13.0 Å². The summed E-state index contributed by atoms with van der Waals surface area (Å²) in [4.78, 5) is 11.6. The van der Waals surface area contributed by atoms with Crippen LogP contribution in [0.15, 0.2) is 12.2 Å². The normalized spacial score (nSPS) is 27.7. The summed E-state index contributed by atoms with van der Waals surface area (Å²) < 4.78 is 4.83. The van der Waals surface area contributed by atoms with E-state index >= 15 is 0 Å². The van der Waals surface area contributed by atoms with Gasteiger partial charge in [0, 0.05) is 0 Å². The molecule has 1 aliphatic rings. The monoisotopic (exact) mass is 238 g/mol. The van der Waals surface area contributed by atoms with Crippen LogP contribution in [0.2, 0.25) is 0 Å². The summed E-state index contributed by atoms with van der Waals surface area (Å²) in [6, 6.07) is 0. The van der Waals surface area contributed by atoms with Crippen molar-refractivity contribution in [3.8, 4) is 0 Å². The second kappa shape index (κ2) is 5.24. The van der Waals surface area contributed by atoms with Crippen molar-refractivity contribution >= 4 is 5.97 Å². The highest BCUT2D eigenvalue weighted by Gasteiger charge is 2.35.